The fraction of sp³-hybridized carbons (Fsp3) is 0.273. The zero-order chi connectivity index (χ0) is 11.5. The molecule has 0 saturated carbocycles. The van der Waals surface area contributed by atoms with Crippen molar-refractivity contribution in [3.63, 3.8) is 0 Å². The van der Waals surface area contributed by atoms with Crippen molar-refractivity contribution in [3.8, 4) is 0 Å². The van der Waals surface area contributed by atoms with E-state index in [1.54, 1.807) is 0 Å². The average Bonchev–Trinajstić information content (AvgIpc) is 2.57. The summed E-state index contributed by atoms with van der Waals surface area (Å²) in [6.07, 6.45) is 0.141. The molecule has 0 amide bonds. The van der Waals surface area contributed by atoms with E-state index >= 15 is 0 Å². The first kappa shape index (κ1) is 11.0. The van der Waals surface area contributed by atoms with E-state index in [0.717, 1.165) is 16.2 Å². The molecule has 2 aromatic rings. The zero-order valence-electron chi connectivity index (χ0n) is 8.80. The van der Waals surface area contributed by atoms with Crippen LogP contribution in [0.25, 0.3) is 11.0 Å². The Morgan fingerprint density at radius 1 is 1.56 bits per heavy atom. The van der Waals surface area contributed by atoms with Gasteiger partial charge in [-0.25, -0.2) is 4.98 Å². The number of carbonyl (C=O) groups is 1. The van der Waals surface area contributed by atoms with Gasteiger partial charge < -0.3 is 10.1 Å². The second kappa shape index (κ2) is 4.57. The fourth-order valence-corrected chi connectivity index (χ4v) is 2.39. The van der Waals surface area contributed by atoms with E-state index in [1.807, 2.05) is 31.2 Å². The molecule has 0 radical (unpaired) electrons. The van der Waals surface area contributed by atoms with Crippen LogP contribution in [-0.2, 0) is 4.79 Å². The van der Waals surface area contributed by atoms with E-state index < -0.39 is 5.97 Å². The molecule has 1 heterocycles. The number of H-pyrrole nitrogens is 1. The van der Waals surface area contributed by atoms with Crippen LogP contribution in [0.5, 0.6) is 0 Å². The van der Waals surface area contributed by atoms with Gasteiger partial charge in [0.05, 0.1) is 17.5 Å². The second-order valence-corrected chi connectivity index (χ2v) is 5.01. The van der Waals surface area contributed by atoms with Gasteiger partial charge in [-0.1, -0.05) is 30.8 Å². The lowest BCUT2D eigenvalue weighted by atomic mass is 10.3. The SMILES string of the molecule is CC(CC(=O)O)Sc1nc2ccccc2[nH]1. The lowest BCUT2D eigenvalue weighted by Gasteiger charge is -2.04. The molecule has 1 atom stereocenters. The lowest BCUT2D eigenvalue weighted by Crippen LogP contribution is -2.05. The molecule has 0 aliphatic carbocycles. The van der Waals surface area contributed by atoms with Gasteiger partial charge in [-0.05, 0) is 12.1 Å². The first-order valence-electron chi connectivity index (χ1n) is 4.98. The van der Waals surface area contributed by atoms with Gasteiger partial charge in [-0.3, -0.25) is 4.79 Å². The van der Waals surface area contributed by atoms with Crippen LogP contribution in [0.2, 0.25) is 0 Å². The molecule has 1 aromatic heterocycles. The number of carboxylic acid groups (broad SMARTS) is 1. The van der Waals surface area contributed by atoms with Gasteiger partial charge in [0.25, 0.3) is 0 Å². The average molecular weight is 236 g/mol. The van der Waals surface area contributed by atoms with E-state index in [2.05, 4.69) is 9.97 Å². The number of nitrogens with one attached hydrogen (secondary N) is 1. The van der Waals surface area contributed by atoms with Gasteiger partial charge in [-0.2, -0.15) is 0 Å². The number of para-hydroxylation sites is 2. The van der Waals surface area contributed by atoms with Crippen LogP contribution in [0, 0.1) is 0 Å². The summed E-state index contributed by atoms with van der Waals surface area (Å²) in [4.78, 5) is 18.1. The van der Waals surface area contributed by atoms with Crippen LogP contribution in [0.4, 0.5) is 0 Å². The molecule has 4 nitrogen and oxygen atoms in total. The number of aliphatic carboxylic acids is 1. The summed E-state index contributed by atoms with van der Waals surface area (Å²) in [7, 11) is 0. The van der Waals surface area contributed by atoms with E-state index in [4.69, 9.17) is 5.11 Å². The predicted octanol–water partition coefficient (Wildman–Crippen LogP) is 2.52. The summed E-state index contributed by atoms with van der Waals surface area (Å²) < 4.78 is 0. The summed E-state index contributed by atoms with van der Waals surface area (Å²) in [5.41, 5.74) is 1.89. The molecule has 84 valence electrons. The van der Waals surface area contributed by atoms with Crippen molar-refractivity contribution in [1.29, 1.82) is 0 Å². The van der Waals surface area contributed by atoms with Crippen molar-refractivity contribution in [2.24, 2.45) is 0 Å². The highest BCUT2D eigenvalue weighted by Crippen LogP contribution is 2.24. The highest BCUT2D eigenvalue weighted by atomic mass is 32.2. The standard InChI is InChI=1S/C11H12N2O2S/c1-7(6-10(14)15)16-11-12-8-4-2-3-5-9(8)13-11/h2-5,7H,6H2,1H3,(H,12,13)(H,14,15). The highest BCUT2D eigenvalue weighted by Gasteiger charge is 2.11. The van der Waals surface area contributed by atoms with Gasteiger partial charge in [0, 0.05) is 5.25 Å². The number of rotatable bonds is 4. The van der Waals surface area contributed by atoms with Gasteiger partial charge in [-0.15, -0.1) is 0 Å². The summed E-state index contributed by atoms with van der Waals surface area (Å²) in [6, 6.07) is 7.75. The Hall–Kier alpha value is -1.49. The van der Waals surface area contributed by atoms with Crippen LogP contribution in [0.3, 0.4) is 0 Å². The minimum atomic E-state index is -0.781. The van der Waals surface area contributed by atoms with E-state index in [-0.39, 0.29) is 11.7 Å². The van der Waals surface area contributed by atoms with Crippen molar-refractivity contribution in [2.75, 3.05) is 0 Å². The first-order valence-corrected chi connectivity index (χ1v) is 5.86. The third-order valence-corrected chi connectivity index (χ3v) is 3.13. The Morgan fingerprint density at radius 3 is 3.00 bits per heavy atom. The quantitative estimate of drug-likeness (QED) is 0.800. The van der Waals surface area contributed by atoms with Crippen molar-refractivity contribution < 1.29 is 9.90 Å². The molecule has 0 saturated heterocycles. The number of thioether (sulfide) groups is 1. The Kier molecular flexibility index (Phi) is 3.14. The monoisotopic (exact) mass is 236 g/mol. The van der Waals surface area contributed by atoms with Gasteiger partial charge in [0.1, 0.15) is 0 Å². The number of nitrogens with zero attached hydrogens (tertiary/aromatic N) is 1. The Balaban J connectivity index is 2.12. The summed E-state index contributed by atoms with van der Waals surface area (Å²) in [5.74, 6) is -0.781. The van der Waals surface area contributed by atoms with Crippen LogP contribution >= 0.6 is 11.8 Å². The number of carboxylic acids is 1. The second-order valence-electron chi connectivity index (χ2n) is 3.59. The zero-order valence-corrected chi connectivity index (χ0v) is 9.62. The molecule has 2 rings (SSSR count). The molecule has 1 unspecified atom stereocenters. The molecular formula is C11H12N2O2S. The van der Waals surface area contributed by atoms with E-state index in [1.165, 1.54) is 11.8 Å². The third kappa shape index (κ3) is 2.55. The topological polar surface area (TPSA) is 66.0 Å². The molecule has 0 aliphatic rings. The fourth-order valence-electron chi connectivity index (χ4n) is 1.46. The van der Waals surface area contributed by atoms with Gasteiger partial charge in [0.15, 0.2) is 5.16 Å². The Labute approximate surface area is 97.1 Å². The van der Waals surface area contributed by atoms with Crippen molar-refractivity contribution in [1.82, 2.24) is 9.97 Å². The number of aromatic nitrogens is 2. The molecule has 2 N–H and O–H groups in total. The van der Waals surface area contributed by atoms with Crippen LogP contribution in [0.15, 0.2) is 29.4 Å². The molecule has 16 heavy (non-hydrogen) atoms. The number of fused-ring (bicyclic) bond motifs is 1. The number of hydrogen-bond donors (Lipinski definition) is 2. The summed E-state index contributed by atoms with van der Waals surface area (Å²) in [5, 5.41) is 9.44. The maximum atomic E-state index is 10.5. The third-order valence-electron chi connectivity index (χ3n) is 2.14. The summed E-state index contributed by atoms with van der Waals surface area (Å²) >= 11 is 1.45. The molecule has 1 aromatic carbocycles. The predicted molar refractivity (Wildman–Crippen MR) is 63.7 cm³/mol. The minimum absolute atomic E-state index is 0.0121. The highest BCUT2D eigenvalue weighted by molar-refractivity contribution is 7.99. The Morgan fingerprint density at radius 2 is 2.31 bits per heavy atom. The molecule has 0 spiro atoms. The number of hydrogen-bond acceptors (Lipinski definition) is 3. The molecule has 0 aliphatic heterocycles. The Bertz CT molecular complexity index is 476. The number of imidazole rings is 1. The summed E-state index contributed by atoms with van der Waals surface area (Å²) in [6.45, 7) is 1.88. The molecule has 5 heteroatoms. The first-order chi connectivity index (χ1) is 7.65. The van der Waals surface area contributed by atoms with Crippen LogP contribution in [0.1, 0.15) is 13.3 Å². The molecular weight excluding hydrogens is 224 g/mol. The van der Waals surface area contributed by atoms with Crippen molar-refractivity contribution >= 4 is 28.8 Å². The van der Waals surface area contributed by atoms with Crippen molar-refractivity contribution in [2.45, 2.75) is 23.8 Å². The van der Waals surface area contributed by atoms with E-state index in [9.17, 15) is 4.79 Å². The molecule has 0 fully saturated rings. The normalized spacial score (nSPS) is 12.8. The van der Waals surface area contributed by atoms with Gasteiger partial charge >= 0.3 is 5.97 Å². The van der Waals surface area contributed by atoms with Crippen molar-refractivity contribution in [3.05, 3.63) is 24.3 Å². The van der Waals surface area contributed by atoms with Crippen LogP contribution in [-0.4, -0.2) is 26.3 Å². The largest absolute Gasteiger partial charge is 0.481 e. The smallest absolute Gasteiger partial charge is 0.304 e. The maximum absolute atomic E-state index is 10.5. The molecule has 0 bridgehead atoms. The maximum Gasteiger partial charge on any atom is 0.304 e. The lowest BCUT2D eigenvalue weighted by molar-refractivity contribution is -0.136. The van der Waals surface area contributed by atoms with Gasteiger partial charge in [0.2, 0.25) is 0 Å². The number of aromatic amines is 1. The van der Waals surface area contributed by atoms with Crippen LogP contribution < -0.4 is 0 Å². The number of benzene rings is 1. The minimum Gasteiger partial charge on any atom is -0.481 e. The van der Waals surface area contributed by atoms with E-state index in [0.29, 0.717) is 0 Å².